The zero-order valence-corrected chi connectivity index (χ0v) is 11.0. The number of rotatable bonds is 8. The average molecular weight is 236 g/mol. The van der Waals surface area contributed by atoms with E-state index in [0.29, 0.717) is 0 Å². The molecule has 0 atom stereocenters. The summed E-state index contributed by atoms with van der Waals surface area (Å²) in [5.41, 5.74) is 6.80. The van der Waals surface area contributed by atoms with Gasteiger partial charge in [-0.05, 0) is 50.7 Å². The van der Waals surface area contributed by atoms with Crippen LogP contribution < -0.4 is 10.5 Å². The maximum atomic E-state index is 5.47. The van der Waals surface area contributed by atoms with Crippen LogP contribution in [0.1, 0.15) is 24.8 Å². The van der Waals surface area contributed by atoms with Gasteiger partial charge in [0.25, 0.3) is 0 Å². The van der Waals surface area contributed by atoms with Gasteiger partial charge in [-0.2, -0.15) is 0 Å². The third-order valence-corrected chi connectivity index (χ3v) is 2.86. The van der Waals surface area contributed by atoms with Crippen molar-refractivity contribution in [2.45, 2.75) is 25.8 Å². The lowest BCUT2D eigenvalue weighted by Crippen LogP contribution is -2.19. The lowest BCUT2D eigenvalue weighted by Gasteiger charge is -2.16. The minimum absolute atomic E-state index is 0.808. The Hall–Kier alpha value is -1.06. The van der Waals surface area contributed by atoms with Crippen LogP contribution >= 0.6 is 0 Å². The second-order valence-electron chi connectivity index (χ2n) is 4.44. The smallest absolute Gasteiger partial charge is 0.118 e. The van der Waals surface area contributed by atoms with E-state index in [4.69, 9.17) is 10.5 Å². The van der Waals surface area contributed by atoms with Crippen LogP contribution in [-0.4, -0.2) is 32.1 Å². The fourth-order valence-corrected chi connectivity index (χ4v) is 1.82. The lowest BCUT2D eigenvalue weighted by molar-refractivity contribution is 0.317. The molecule has 0 amide bonds. The highest BCUT2D eigenvalue weighted by atomic mass is 16.5. The summed E-state index contributed by atoms with van der Waals surface area (Å²) >= 11 is 0. The van der Waals surface area contributed by atoms with Gasteiger partial charge in [-0.15, -0.1) is 0 Å². The molecule has 0 radical (unpaired) electrons. The van der Waals surface area contributed by atoms with Gasteiger partial charge in [0.1, 0.15) is 5.75 Å². The SMILES string of the molecule is COc1ccc(CN(C)CCCCCN)cc1. The van der Waals surface area contributed by atoms with E-state index in [2.05, 4.69) is 24.1 Å². The molecule has 0 aromatic heterocycles. The summed E-state index contributed by atoms with van der Waals surface area (Å²) in [5, 5.41) is 0. The molecule has 3 heteroatoms. The molecule has 0 aliphatic rings. The van der Waals surface area contributed by atoms with Gasteiger partial charge in [0, 0.05) is 6.54 Å². The maximum absolute atomic E-state index is 5.47. The average Bonchev–Trinajstić information content (AvgIpc) is 2.36. The summed E-state index contributed by atoms with van der Waals surface area (Å²) in [6, 6.07) is 8.26. The summed E-state index contributed by atoms with van der Waals surface area (Å²) in [7, 11) is 3.85. The zero-order chi connectivity index (χ0) is 12.5. The topological polar surface area (TPSA) is 38.5 Å². The molecule has 96 valence electrons. The number of unbranched alkanes of at least 4 members (excludes halogenated alkanes) is 2. The number of hydrogen-bond acceptors (Lipinski definition) is 3. The van der Waals surface area contributed by atoms with Gasteiger partial charge >= 0.3 is 0 Å². The van der Waals surface area contributed by atoms with Crippen molar-refractivity contribution in [3.8, 4) is 5.75 Å². The molecule has 2 N–H and O–H groups in total. The van der Waals surface area contributed by atoms with E-state index in [1.165, 1.54) is 18.4 Å². The van der Waals surface area contributed by atoms with Crippen LogP contribution in [0.3, 0.4) is 0 Å². The molecule has 0 heterocycles. The Morgan fingerprint density at radius 1 is 1.12 bits per heavy atom. The van der Waals surface area contributed by atoms with Crippen molar-refractivity contribution < 1.29 is 4.74 Å². The molecule has 1 aromatic carbocycles. The summed E-state index contributed by atoms with van der Waals surface area (Å²) in [6.45, 7) is 2.93. The van der Waals surface area contributed by atoms with E-state index in [-0.39, 0.29) is 0 Å². The van der Waals surface area contributed by atoms with Crippen molar-refractivity contribution >= 4 is 0 Å². The quantitative estimate of drug-likeness (QED) is 0.704. The standard InChI is InChI=1S/C14H24N2O/c1-16(11-5-3-4-10-15)12-13-6-8-14(17-2)9-7-13/h6-9H,3-5,10-12,15H2,1-2H3. The normalized spacial score (nSPS) is 10.8. The maximum Gasteiger partial charge on any atom is 0.118 e. The zero-order valence-electron chi connectivity index (χ0n) is 11.0. The van der Waals surface area contributed by atoms with Gasteiger partial charge in [0.15, 0.2) is 0 Å². The second-order valence-corrected chi connectivity index (χ2v) is 4.44. The summed E-state index contributed by atoms with van der Waals surface area (Å²) in [4.78, 5) is 2.35. The highest BCUT2D eigenvalue weighted by Crippen LogP contribution is 2.12. The predicted octanol–water partition coefficient (Wildman–Crippen LogP) is 2.26. The van der Waals surface area contributed by atoms with Crippen molar-refractivity contribution in [2.24, 2.45) is 5.73 Å². The van der Waals surface area contributed by atoms with E-state index in [1.807, 2.05) is 12.1 Å². The highest BCUT2D eigenvalue weighted by Gasteiger charge is 2.00. The first kappa shape index (κ1) is 14.0. The minimum Gasteiger partial charge on any atom is -0.497 e. The monoisotopic (exact) mass is 236 g/mol. The first-order valence-electron chi connectivity index (χ1n) is 6.28. The van der Waals surface area contributed by atoms with Crippen molar-refractivity contribution in [3.63, 3.8) is 0 Å². The van der Waals surface area contributed by atoms with Gasteiger partial charge in [0.2, 0.25) is 0 Å². The molecule has 0 spiro atoms. The van der Waals surface area contributed by atoms with Crippen LogP contribution in [0.4, 0.5) is 0 Å². The molecule has 1 rings (SSSR count). The number of methoxy groups -OCH3 is 1. The van der Waals surface area contributed by atoms with Crippen molar-refractivity contribution in [3.05, 3.63) is 29.8 Å². The first-order chi connectivity index (χ1) is 8.26. The van der Waals surface area contributed by atoms with Gasteiger partial charge < -0.3 is 15.4 Å². The minimum atomic E-state index is 0.808. The Labute approximate surface area is 105 Å². The van der Waals surface area contributed by atoms with Gasteiger partial charge in [-0.25, -0.2) is 0 Å². The number of ether oxygens (including phenoxy) is 1. The molecule has 0 fully saturated rings. The molecule has 3 nitrogen and oxygen atoms in total. The Morgan fingerprint density at radius 2 is 1.82 bits per heavy atom. The molecule has 0 saturated carbocycles. The van der Waals surface area contributed by atoms with Gasteiger partial charge in [-0.1, -0.05) is 18.6 Å². The fourth-order valence-electron chi connectivity index (χ4n) is 1.82. The summed E-state index contributed by atoms with van der Waals surface area (Å²) in [5.74, 6) is 0.916. The van der Waals surface area contributed by atoms with Crippen LogP contribution in [-0.2, 0) is 6.54 Å². The van der Waals surface area contributed by atoms with Crippen LogP contribution in [0.25, 0.3) is 0 Å². The number of nitrogens with zero attached hydrogens (tertiary/aromatic N) is 1. The Morgan fingerprint density at radius 3 is 2.41 bits per heavy atom. The molecule has 0 bridgehead atoms. The molecule has 17 heavy (non-hydrogen) atoms. The lowest BCUT2D eigenvalue weighted by atomic mass is 10.2. The van der Waals surface area contributed by atoms with Crippen molar-refractivity contribution in [1.29, 1.82) is 0 Å². The molecular formula is C14H24N2O. The Balaban J connectivity index is 2.26. The number of hydrogen-bond donors (Lipinski definition) is 1. The Kier molecular flexibility index (Phi) is 6.67. The fraction of sp³-hybridized carbons (Fsp3) is 0.571. The van der Waals surface area contributed by atoms with E-state index < -0.39 is 0 Å². The molecule has 1 aromatic rings. The van der Waals surface area contributed by atoms with Crippen LogP contribution in [0.2, 0.25) is 0 Å². The first-order valence-corrected chi connectivity index (χ1v) is 6.28. The van der Waals surface area contributed by atoms with Gasteiger partial charge in [0.05, 0.1) is 7.11 Å². The molecule has 0 unspecified atom stereocenters. The summed E-state index contributed by atoms with van der Waals surface area (Å²) in [6.07, 6.45) is 3.59. The van der Waals surface area contributed by atoms with E-state index in [9.17, 15) is 0 Å². The molecule has 0 aliphatic carbocycles. The van der Waals surface area contributed by atoms with Crippen LogP contribution in [0, 0.1) is 0 Å². The Bertz CT molecular complexity index is 298. The predicted molar refractivity (Wildman–Crippen MR) is 72.2 cm³/mol. The molecule has 0 aliphatic heterocycles. The summed E-state index contributed by atoms with van der Waals surface area (Å²) < 4.78 is 5.14. The number of benzene rings is 1. The van der Waals surface area contributed by atoms with E-state index >= 15 is 0 Å². The van der Waals surface area contributed by atoms with E-state index in [1.54, 1.807) is 7.11 Å². The van der Waals surface area contributed by atoms with E-state index in [0.717, 1.165) is 31.8 Å². The number of nitrogens with two attached hydrogens (primary N) is 1. The van der Waals surface area contributed by atoms with Crippen LogP contribution in [0.15, 0.2) is 24.3 Å². The molecule has 0 saturated heterocycles. The van der Waals surface area contributed by atoms with Crippen molar-refractivity contribution in [2.75, 3.05) is 27.2 Å². The third kappa shape index (κ3) is 5.71. The van der Waals surface area contributed by atoms with Crippen LogP contribution in [0.5, 0.6) is 5.75 Å². The second kappa shape index (κ2) is 8.09. The van der Waals surface area contributed by atoms with Crippen molar-refractivity contribution in [1.82, 2.24) is 4.90 Å². The third-order valence-electron chi connectivity index (χ3n) is 2.86. The highest BCUT2D eigenvalue weighted by molar-refractivity contribution is 5.26. The largest absolute Gasteiger partial charge is 0.497 e. The van der Waals surface area contributed by atoms with Gasteiger partial charge in [-0.3, -0.25) is 0 Å². The molecular weight excluding hydrogens is 212 g/mol.